The minimum Gasteiger partial charge on any atom is -0.619 e. The molecular formula is C19H22F3NO4. The Morgan fingerprint density at radius 3 is 2.33 bits per heavy atom. The Labute approximate surface area is 155 Å². The highest BCUT2D eigenvalue weighted by Crippen LogP contribution is 2.41. The predicted octanol–water partition coefficient (Wildman–Crippen LogP) is 4.77. The third kappa shape index (κ3) is 5.18. The number of rotatable bonds is 7. The van der Waals surface area contributed by atoms with Crippen molar-refractivity contribution in [1.82, 2.24) is 0 Å². The van der Waals surface area contributed by atoms with Crippen molar-refractivity contribution in [1.29, 1.82) is 0 Å². The summed E-state index contributed by atoms with van der Waals surface area (Å²) in [5.74, 6) is 0.137. The summed E-state index contributed by atoms with van der Waals surface area (Å²) < 4.78 is 53.3. The minimum absolute atomic E-state index is 0.0932. The van der Waals surface area contributed by atoms with Gasteiger partial charge in [-0.1, -0.05) is 13.8 Å². The van der Waals surface area contributed by atoms with Crippen molar-refractivity contribution in [3.63, 3.8) is 0 Å². The average molecular weight is 385 g/mol. The van der Waals surface area contributed by atoms with Gasteiger partial charge in [0.2, 0.25) is 6.20 Å². The molecule has 0 radical (unpaired) electrons. The van der Waals surface area contributed by atoms with Crippen LogP contribution < -0.4 is 18.9 Å². The topological polar surface area (TPSA) is 54.6 Å². The van der Waals surface area contributed by atoms with E-state index in [-0.39, 0.29) is 11.9 Å². The Hall–Kier alpha value is -2.64. The van der Waals surface area contributed by atoms with E-state index < -0.39 is 12.1 Å². The minimum atomic E-state index is -4.80. The lowest BCUT2D eigenvalue weighted by Gasteiger charge is -2.20. The van der Waals surface area contributed by atoms with E-state index in [1.165, 1.54) is 31.6 Å². The molecule has 0 spiro atoms. The molecule has 0 aliphatic heterocycles. The van der Waals surface area contributed by atoms with Gasteiger partial charge in [-0.25, -0.2) is 0 Å². The summed E-state index contributed by atoms with van der Waals surface area (Å²) in [6.45, 7) is 5.67. The first kappa shape index (κ1) is 20.7. The lowest BCUT2D eigenvalue weighted by Crippen LogP contribution is -2.27. The zero-order valence-corrected chi connectivity index (χ0v) is 15.6. The highest BCUT2D eigenvalue weighted by molar-refractivity contribution is 5.78. The molecule has 0 N–H and O–H groups in total. The second-order valence-electron chi connectivity index (χ2n) is 6.01. The van der Waals surface area contributed by atoms with Gasteiger partial charge in [0.15, 0.2) is 11.9 Å². The molecule has 1 heterocycles. The smallest absolute Gasteiger partial charge is 0.573 e. The molecule has 0 unspecified atom stereocenters. The summed E-state index contributed by atoms with van der Waals surface area (Å²) in [6.07, 6.45) is -0.720. The number of aromatic nitrogens is 1. The first-order chi connectivity index (χ1) is 12.7. The highest BCUT2D eigenvalue weighted by atomic mass is 19.4. The van der Waals surface area contributed by atoms with Crippen LogP contribution in [-0.2, 0) is 0 Å². The summed E-state index contributed by atoms with van der Waals surface area (Å²) in [4.78, 5) is 0. The van der Waals surface area contributed by atoms with Crippen LogP contribution in [0.3, 0.4) is 0 Å². The Balaban J connectivity index is 2.56. The number of ether oxygens (including phenoxy) is 3. The van der Waals surface area contributed by atoms with Crippen molar-refractivity contribution in [2.45, 2.75) is 46.1 Å². The van der Waals surface area contributed by atoms with Crippen LogP contribution in [0.25, 0.3) is 11.1 Å². The van der Waals surface area contributed by atoms with E-state index in [1.807, 2.05) is 13.8 Å². The third-order valence-corrected chi connectivity index (χ3v) is 4.09. The predicted molar refractivity (Wildman–Crippen MR) is 93.8 cm³/mol. The molecule has 0 saturated heterocycles. The molecule has 0 aliphatic rings. The van der Waals surface area contributed by atoms with Crippen LogP contribution in [-0.4, -0.2) is 19.6 Å². The quantitative estimate of drug-likeness (QED) is 0.509. The maximum absolute atomic E-state index is 12.5. The van der Waals surface area contributed by atoms with Crippen LogP contribution >= 0.6 is 0 Å². The Morgan fingerprint density at radius 2 is 1.78 bits per heavy atom. The largest absolute Gasteiger partial charge is 0.619 e. The molecule has 0 amide bonds. The van der Waals surface area contributed by atoms with Gasteiger partial charge in [-0.15, -0.1) is 13.2 Å². The van der Waals surface area contributed by atoms with Crippen molar-refractivity contribution >= 4 is 0 Å². The summed E-state index contributed by atoms with van der Waals surface area (Å²) >= 11 is 0. The molecule has 0 saturated carbocycles. The molecule has 1 aromatic carbocycles. The summed E-state index contributed by atoms with van der Waals surface area (Å²) in [5, 5.41) is 11.9. The van der Waals surface area contributed by atoms with Gasteiger partial charge in [0.05, 0.1) is 13.2 Å². The standard InChI is InChI=1S/C19H22F3NO4/c1-5-13(6-2)26-17-11-23(24)10-12(3)18(17)15-8-7-14(9-16(15)25-4)27-19(20,21)22/h7-11,13H,5-6H2,1-4H3. The third-order valence-electron chi connectivity index (χ3n) is 4.09. The maximum Gasteiger partial charge on any atom is 0.573 e. The van der Waals surface area contributed by atoms with Crippen molar-refractivity contribution in [3.05, 3.63) is 41.4 Å². The summed E-state index contributed by atoms with van der Waals surface area (Å²) in [6, 6.07) is 3.81. The molecule has 0 aliphatic carbocycles. The number of pyridine rings is 1. The van der Waals surface area contributed by atoms with E-state index in [0.717, 1.165) is 18.9 Å². The Kier molecular flexibility index (Phi) is 6.41. The Morgan fingerprint density at radius 1 is 1.11 bits per heavy atom. The van der Waals surface area contributed by atoms with Crippen LogP contribution in [0.1, 0.15) is 32.3 Å². The molecule has 8 heteroatoms. The van der Waals surface area contributed by atoms with Gasteiger partial charge in [-0.05, 0) is 31.9 Å². The van der Waals surface area contributed by atoms with Gasteiger partial charge >= 0.3 is 6.36 Å². The van der Waals surface area contributed by atoms with Gasteiger partial charge in [0.25, 0.3) is 0 Å². The van der Waals surface area contributed by atoms with Crippen molar-refractivity contribution < 1.29 is 32.1 Å². The van der Waals surface area contributed by atoms with Gasteiger partial charge in [-0.3, -0.25) is 0 Å². The molecule has 5 nitrogen and oxygen atoms in total. The van der Waals surface area contributed by atoms with Crippen LogP contribution in [0.4, 0.5) is 13.2 Å². The second kappa shape index (κ2) is 8.37. The number of aryl methyl sites for hydroxylation is 1. The molecule has 2 aromatic rings. The van der Waals surface area contributed by atoms with E-state index in [1.54, 1.807) is 6.92 Å². The van der Waals surface area contributed by atoms with E-state index >= 15 is 0 Å². The van der Waals surface area contributed by atoms with E-state index in [9.17, 15) is 18.4 Å². The lowest BCUT2D eigenvalue weighted by molar-refractivity contribution is -0.606. The van der Waals surface area contributed by atoms with E-state index in [4.69, 9.17) is 9.47 Å². The van der Waals surface area contributed by atoms with Gasteiger partial charge in [0.1, 0.15) is 11.5 Å². The van der Waals surface area contributed by atoms with E-state index in [2.05, 4.69) is 4.74 Å². The van der Waals surface area contributed by atoms with Gasteiger partial charge in [-0.2, -0.15) is 4.73 Å². The maximum atomic E-state index is 12.5. The SMILES string of the molecule is CCC(CC)Oc1c[n+]([O-])cc(C)c1-c1ccc(OC(F)(F)F)cc1OC. The van der Waals surface area contributed by atoms with Crippen molar-refractivity contribution in [2.75, 3.05) is 7.11 Å². The highest BCUT2D eigenvalue weighted by Gasteiger charge is 2.31. The molecule has 2 rings (SSSR count). The zero-order chi connectivity index (χ0) is 20.2. The van der Waals surface area contributed by atoms with Crippen LogP contribution in [0, 0.1) is 12.1 Å². The number of hydrogen-bond donors (Lipinski definition) is 0. The first-order valence-corrected chi connectivity index (χ1v) is 8.52. The van der Waals surface area contributed by atoms with Gasteiger partial charge in [0, 0.05) is 22.8 Å². The fraction of sp³-hybridized carbons (Fsp3) is 0.421. The molecule has 1 aromatic heterocycles. The summed E-state index contributed by atoms with van der Waals surface area (Å²) in [7, 11) is 1.35. The number of nitrogens with zero attached hydrogens (tertiary/aromatic N) is 1. The van der Waals surface area contributed by atoms with Crippen molar-refractivity contribution in [2.24, 2.45) is 0 Å². The zero-order valence-electron chi connectivity index (χ0n) is 15.6. The number of halogens is 3. The fourth-order valence-electron chi connectivity index (χ4n) is 2.81. The number of alkyl halides is 3. The molecular weight excluding hydrogens is 363 g/mol. The van der Waals surface area contributed by atoms with E-state index in [0.29, 0.717) is 27.2 Å². The second-order valence-corrected chi connectivity index (χ2v) is 6.01. The molecule has 27 heavy (non-hydrogen) atoms. The average Bonchev–Trinajstić information content (AvgIpc) is 2.58. The summed E-state index contributed by atoms with van der Waals surface area (Å²) in [5.41, 5.74) is 1.70. The Bertz CT molecular complexity index is 789. The van der Waals surface area contributed by atoms with Crippen molar-refractivity contribution in [3.8, 4) is 28.4 Å². The normalized spacial score (nSPS) is 11.6. The molecule has 0 bridgehead atoms. The monoisotopic (exact) mass is 385 g/mol. The number of methoxy groups -OCH3 is 1. The number of benzene rings is 1. The number of hydrogen-bond acceptors (Lipinski definition) is 4. The fourth-order valence-corrected chi connectivity index (χ4v) is 2.81. The van der Waals surface area contributed by atoms with Crippen LogP contribution in [0.5, 0.6) is 17.2 Å². The van der Waals surface area contributed by atoms with Crippen LogP contribution in [0.2, 0.25) is 0 Å². The molecule has 0 fully saturated rings. The first-order valence-electron chi connectivity index (χ1n) is 8.52. The molecule has 148 valence electrons. The van der Waals surface area contributed by atoms with Gasteiger partial charge < -0.3 is 19.4 Å². The lowest BCUT2D eigenvalue weighted by atomic mass is 10.00. The van der Waals surface area contributed by atoms with Crippen LogP contribution in [0.15, 0.2) is 30.6 Å². The molecule has 0 atom stereocenters.